The van der Waals surface area contributed by atoms with Gasteiger partial charge in [0.25, 0.3) is 0 Å². The topological polar surface area (TPSA) is 64.3 Å². The van der Waals surface area contributed by atoms with Crippen molar-refractivity contribution >= 4 is 11.8 Å². The number of hydrogen-bond acceptors (Lipinski definition) is 3. The van der Waals surface area contributed by atoms with Crippen LogP contribution in [0.25, 0.3) is 0 Å². The van der Waals surface area contributed by atoms with E-state index in [0.717, 1.165) is 41.6 Å². The molecule has 0 radical (unpaired) electrons. The molecule has 1 amide bonds. The molecule has 116 valence electrons. The third-order valence-corrected chi connectivity index (χ3v) is 4.12. The maximum Gasteiger partial charge on any atom is 0.412 e. The van der Waals surface area contributed by atoms with Gasteiger partial charge in [0.1, 0.15) is 5.60 Å². The monoisotopic (exact) mass is 290 g/mol. The van der Waals surface area contributed by atoms with Crippen molar-refractivity contribution in [1.82, 2.24) is 0 Å². The van der Waals surface area contributed by atoms with Gasteiger partial charge in [0.05, 0.1) is 0 Å². The van der Waals surface area contributed by atoms with Crippen LogP contribution in [0.2, 0.25) is 0 Å². The van der Waals surface area contributed by atoms with Crippen molar-refractivity contribution in [2.75, 3.05) is 5.32 Å². The number of amides is 1. The Morgan fingerprint density at radius 3 is 2.38 bits per heavy atom. The van der Waals surface area contributed by atoms with Crippen molar-refractivity contribution in [3.8, 4) is 0 Å². The number of rotatable bonds is 2. The van der Waals surface area contributed by atoms with E-state index in [1.807, 2.05) is 40.7 Å². The maximum atomic E-state index is 12.0. The molecule has 0 spiro atoms. The van der Waals surface area contributed by atoms with Crippen LogP contribution < -0.4 is 11.1 Å². The number of nitrogens with one attached hydrogen (secondary N) is 1. The van der Waals surface area contributed by atoms with Crippen LogP contribution in [0.15, 0.2) is 12.1 Å². The van der Waals surface area contributed by atoms with E-state index in [4.69, 9.17) is 10.5 Å². The van der Waals surface area contributed by atoms with Crippen LogP contribution in [0, 0.1) is 13.8 Å². The Bertz CT molecular complexity index is 555. The van der Waals surface area contributed by atoms with Crippen molar-refractivity contribution in [3.05, 3.63) is 28.8 Å². The summed E-state index contributed by atoms with van der Waals surface area (Å²) in [6, 6.07) is 4.13. The highest BCUT2D eigenvalue weighted by Crippen LogP contribution is 2.40. The normalized spacial score (nSPS) is 17.0. The van der Waals surface area contributed by atoms with Crippen molar-refractivity contribution in [2.45, 2.75) is 65.0 Å². The van der Waals surface area contributed by atoms with Crippen molar-refractivity contribution in [3.63, 3.8) is 0 Å². The summed E-state index contributed by atoms with van der Waals surface area (Å²) in [6.07, 6.45) is 2.74. The van der Waals surface area contributed by atoms with Gasteiger partial charge in [-0.2, -0.15) is 0 Å². The van der Waals surface area contributed by atoms with Gasteiger partial charge in [-0.1, -0.05) is 6.07 Å². The molecule has 1 aromatic rings. The number of aryl methyl sites for hydroxylation is 1. The van der Waals surface area contributed by atoms with Gasteiger partial charge in [0.2, 0.25) is 0 Å². The molecule has 2 rings (SSSR count). The second-order valence-electron chi connectivity index (χ2n) is 7.10. The second-order valence-corrected chi connectivity index (χ2v) is 7.10. The summed E-state index contributed by atoms with van der Waals surface area (Å²) in [6.45, 7) is 9.59. The Hall–Kier alpha value is -1.55. The van der Waals surface area contributed by atoms with Gasteiger partial charge in [-0.3, -0.25) is 5.32 Å². The predicted octanol–water partition coefficient (Wildman–Crippen LogP) is 3.99. The van der Waals surface area contributed by atoms with Crippen molar-refractivity contribution in [2.24, 2.45) is 5.73 Å². The summed E-state index contributed by atoms with van der Waals surface area (Å²) < 4.78 is 5.32. The molecule has 0 aromatic heterocycles. The van der Waals surface area contributed by atoms with E-state index in [1.165, 1.54) is 0 Å². The predicted molar refractivity (Wildman–Crippen MR) is 85.5 cm³/mol. The van der Waals surface area contributed by atoms with Crippen LogP contribution in [0.3, 0.4) is 0 Å². The zero-order chi connectivity index (χ0) is 15.8. The number of hydrogen-bond donors (Lipinski definition) is 2. The van der Waals surface area contributed by atoms with E-state index in [0.29, 0.717) is 0 Å². The third-order valence-electron chi connectivity index (χ3n) is 4.12. The Morgan fingerprint density at radius 1 is 1.29 bits per heavy atom. The van der Waals surface area contributed by atoms with E-state index in [9.17, 15) is 4.79 Å². The Kier molecular flexibility index (Phi) is 4.02. The first kappa shape index (κ1) is 15.8. The number of ether oxygens (including phenoxy) is 1. The summed E-state index contributed by atoms with van der Waals surface area (Å²) in [5.41, 5.74) is 9.73. The minimum absolute atomic E-state index is 0.233. The summed E-state index contributed by atoms with van der Waals surface area (Å²) in [7, 11) is 0. The van der Waals surface area contributed by atoms with E-state index in [-0.39, 0.29) is 5.54 Å². The number of carbonyl (C=O) groups excluding carboxylic acids is 1. The number of carbonyl (C=O) groups is 1. The largest absolute Gasteiger partial charge is 0.444 e. The molecule has 1 fully saturated rings. The molecule has 1 aromatic carbocycles. The van der Waals surface area contributed by atoms with Gasteiger partial charge in [-0.25, -0.2) is 4.79 Å². The van der Waals surface area contributed by atoms with Gasteiger partial charge < -0.3 is 10.5 Å². The molecule has 0 bridgehead atoms. The van der Waals surface area contributed by atoms with Gasteiger partial charge >= 0.3 is 6.09 Å². The highest BCUT2D eigenvalue weighted by Gasteiger charge is 2.35. The van der Waals surface area contributed by atoms with Gasteiger partial charge in [-0.05, 0) is 76.6 Å². The molecular formula is C17H26N2O2. The van der Waals surface area contributed by atoms with E-state index >= 15 is 0 Å². The summed E-state index contributed by atoms with van der Waals surface area (Å²) in [5, 5.41) is 2.85. The quantitative estimate of drug-likeness (QED) is 0.865. The Labute approximate surface area is 127 Å². The SMILES string of the molecule is Cc1cc(C2(N)CCC2)cc(NC(=O)OC(C)(C)C)c1C. The molecule has 4 nitrogen and oxygen atoms in total. The zero-order valence-electron chi connectivity index (χ0n) is 13.7. The van der Waals surface area contributed by atoms with Gasteiger partial charge in [0, 0.05) is 11.2 Å². The zero-order valence-corrected chi connectivity index (χ0v) is 13.7. The lowest BCUT2D eigenvalue weighted by Gasteiger charge is -2.39. The molecule has 0 unspecified atom stereocenters. The molecule has 4 heteroatoms. The van der Waals surface area contributed by atoms with Crippen LogP contribution in [0.4, 0.5) is 10.5 Å². The summed E-state index contributed by atoms with van der Waals surface area (Å²) in [4.78, 5) is 12.0. The fraction of sp³-hybridized carbons (Fsp3) is 0.588. The fourth-order valence-electron chi connectivity index (χ4n) is 2.54. The van der Waals surface area contributed by atoms with Crippen LogP contribution >= 0.6 is 0 Å². The minimum Gasteiger partial charge on any atom is -0.444 e. The molecule has 0 atom stereocenters. The van der Waals surface area contributed by atoms with Crippen LogP contribution in [-0.2, 0) is 10.3 Å². The molecule has 0 saturated heterocycles. The van der Waals surface area contributed by atoms with E-state index in [2.05, 4.69) is 11.4 Å². The first-order valence-corrected chi connectivity index (χ1v) is 7.51. The summed E-state index contributed by atoms with van der Waals surface area (Å²) in [5.74, 6) is 0. The van der Waals surface area contributed by atoms with Crippen molar-refractivity contribution in [1.29, 1.82) is 0 Å². The number of anilines is 1. The highest BCUT2D eigenvalue weighted by atomic mass is 16.6. The van der Waals surface area contributed by atoms with E-state index < -0.39 is 11.7 Å². The lowest BCUT2D eigenvalue weighted by Crippen LogP contribution is -2.43. The lowest BCUT2D eigenvalue weighted by molar-refractivity contribution is 0.0635. The molecule has 3 N–H and O–H groups in total. The second kappa shape index (κ2) is 5.34. The first-order valence-electron chi connectivity index (χ1n) is 7.51. The molecule has 1 saturated carbocycles. The molecule has 0 heterocycles. The van der Waals surface area contributed by atoms with Crippen LogP contribution in [-0.4, -0.2) is 11.7 Å². The lowest BCUT2D eigenvalue weighted by atomic mass is 9.72. The van der Waals surface area contributed by atoms with Gasteiger partial charge in [0.15, 0.2) is 0 Å². The molecule has 1 aliphatic carbocycles. The molecule has 21 heavy (non-hydrogen) atoms. The highest BCUT2D eigenvalue weighted by molar-refractivity contribution is 5.86. The smallest absolute Gasteiger partial charge is 0.412 e. The average molecular weight is 290 g/mol. The standard InChI is InChI=1S/C17H26N2O2/c1-11-9-13(17(18)7-6-8-17)10-14(12(11)2)19-15(20)21-16(3,4)5/h9-10H,6-8,18H2,1-5H3,(H,19,20). The Morgan fingerprint density at radius 2 is 1.90 bits per heavy atom. The van der Waals surface area contributed by atoms with Crippen LogP contribution in [0.5, 0.6) is 0 Å². The first-order chi connectivity index (χ1) is 9.61. The molecular weight excluding hydrogens is 264 g/mol. The molecule has 1 aliphatic rings. The summed E-state index contributed by atoms with van der Waals surface area (Å²) >= 11 is 0. The van der Waals surface area contributed by atoms with Crippen molar-refractivity contribution < 1.29 is 9.53 Å². The van der Waals surface area contributed by atoms with Crippen LogP contribution in [0.1, 0.15) is 56.7 Å². The molecule has 0 aliphatic heterocycles. The minimum atomic E-state index is -0.506. The average Bonchev–Trinajstić information content (AvgIpc) is 2.29. The number of nitrogens with two attached hydrogens (primary N) is 1. The maximum absolute atomic E-state index is 12.0. The number of benzene rings is 1. The Balaban J connectivity index is 2.24. The van der Waals surface area contributed by atoms with Gasteiger partial charge in [-0.15, -0.1) is 0 Å². The van der Waals surface area contributed by atoms with E-state index in [1.54, 1.807) is 0 Å². The fourth-order valence-corrected chi connectivity index (χ4v) is 2.54. The third kappa shape index (κ3) is 3.56.